The monoisotopic (exact) mass is 276 g/mol. The van der Waals surface area contributed by atoms with Gasteiger partial charge < -0.3 is 5.32 Å². The first kappa shape index (κ1) is 15.4. The highest BCUT2D eigenvalue weighted by Gasteiger charge is 2.37. The fraction of sp³-hybridized carbons (Fsp3) is 0.882. The molecule has 3 atom stereocenters. The number of nitrogens with zero attached hydrogens (tertiary/aromatic N) is 1. The van der Waals surface area contributed by atoms with Gasteiger partial charge >= 0.3 is 0 Å². The summed E-state index contributed by atoms with van der Waals surface area (Å²) in [4.78, 5) is 12.5. The summed E-state index contributed by atoms with van der Waals surface area (Å²) in [5.74, 6) is 1.89. The SMILES string of the molecule is CCC(C#N)(CC)NC(=O)C1CCC2CCCCC2C1. The van der Waals surface area contributed by atoms with E-state index in [1.54, 1.807) is 0 Å². The van der Waals surface area contributed by atoms with Crippen molar-refractivity contribution in [2.45, 2.75) is 77.2 Å². The molecule has 0 radical (unpaired) electrons. The first-order chi connectivity index (χ1) is 9.64. The van der Waals surface area contributed by atoms with Crippen molar-refractivity contribution >= 4 is 5.91 Å². The maximum absolute atomic E-state index is 12.5. The van der Waals surface area contributed by atoms with Crippen LogP contribution < -0.4 is 5.32 Å². The Morgan fingerprint density at radius 2 is 1.80 bits per heavy atom. The molecule has 0 aromatic rings. The third-order valence-electron chi connectivity index (χ3n) is 5.69. The average Bonchev–Trinajstić information content (AvgIpc) is 2.52. The maximum atomic E-state index is 12.5. The number of nitrogens with one attached hydrogen (secondary N) is 1. The largest absolute Gasteiger partial charge is 0.338 e. The Morgan fingerprint density at radius 1 is 1.15 bits per heavy atom. The van der Waals surface area contributed by atoms with Gasteiger partial charge in [-0.05, 0) is 43.9 Å². The molecule has 20 heavy (non-hydrogen) atoms. The summed E-state index contributed by atoms with van der Waals surface area (Å²) >= 11 is 0. The summed E-state index contributed by atoms with van der Waals surface area (Å²) in [6, 6.07) is 2.31. The Morgan fingerprint density at radius 3 is 2.40 bits per heavy atom. The number of hydrogen-bond donors (Lipinski definition) is 1. The lowest BCUT2D eigenvalue weighted by atomic mass is 9.67. The normalized spacial score (nSPS) is 30.1. The molecule has 0 spiro atoms. The van der Waals surface area contributed by atoms with E-state index in [1.165, 1.54) is 32.1 Å². The Balaban J connectivity index is 1.95. The number of fused-ring (bicyclic) bond motifs is 1. The highest BCUT2D eigenvalue weighted by Crippen LogP contribution is 2.42. The topological polar surface area (TPSA) is 52.9 Å². The van der Waals surface area contributed by atoms with Crippen molar-refractivity contribution in [1.82, 2.24) is 5.32 Å². The summed E-state index contributed by atoms with van der Waals surface area (Å²) in [7, 11) is 0. The molecule has 0 bridgehead atoms. The van der Waals surface area contributed by atoms with Crippen molar-refractivity contribution in [1.29, 1.82) is 5.26 Å². The maximum Gasteiger partial charge on any atom is 0.224 e. The van der Waals surface area contributed by atoms with E-state index in [0.717, 1.165) is 24.7 Å². The summed E-state index contributed by atoms with van der Waals surface area (Å²) in [5.41, 5.74) is -0.652. The van der Waals surface area contributed by atoms with Crippen molar-refractivity contribution in [2.24, 2.45) is 17.8 Å². The number of carbonyl (C=O) groups excluding carboxylic acids is 1. The Bertz CT molecular complexity index is 381. The van der Waals surface area contributed by atoms with Gasteiger partial charge in [0, 0.05) is 5.92 Å². The summed E-state index contributed by atoms with van der Waals surface area (Å²) in [6.45, 7) is 3.95. The molecular formula is C17H28N2O. The van der Waals surface area contributed by atoms with Crippen molar-refractivity contribution in [3.8, 4) is 6.07 Å². The minimum Gasteiger partial charge on any atom is -0.338 e. The van der Waals surface area contributed by atoms with Crippen molar-refractivity contribution in [3.63, 3.8) is 0 Å². The molecule has 2 saturated carbocycles. The number of hydrogen-bond acceptors (Lipinski definition) is 2. The van der Waals surface area contributed by atoms with Gasteiger partial charge in [0.15, 0.2) is 0 Å². The molecule has 1 amide bonds. The second kappa shape index (κ2) is 6.61. The third-order valence-corrected chi connectivity index (χ3v) is 5.69. The Labute approximate surface area is 123 Å². The molecule has 3 unspecified atom stereocenters. The average molecular weight is 276 g/mol. The van der Waals surface area contributed by atoms with Crippen LogP contribution in [0.2, 0.25) is 0 Å². The van der Waals surface area contributed by atoms with E-state index < -0.39 is 5.54 Å². The molecule has 2 fully saturated rings. The first-order valence-corrected chi connectivity index (χ1v) is 8.37. The van der Waals surface area contributed by atoms with Crippen LogP contribution >= 0.6 is 0 Å². The molecule has 2 aliphatic rings. The van der Waals surface area contributed by atoms with E-state index in [9.17, 15) is 10.1 Å². The fourth-order valence-corrected chi connectivity index (χ4v) is 4.06. The zero-order chi connectivity index (χ0) is 14.6. The van der Waals surface area contributed by atoms with Crippen LogP contribution in [0.1, 0.15) is 71.6 Å². The fourth-order valence-electron chi connectivity index (χ4n) is 4.06. The lowest BCUT2D eigenvalue weighted by molar-refractivity contribution is -0.128. The van der Waals surface area contributed by atoms with Crippen LogP contribution in [-0.2, 0) is 4.79 Å². The van der Waals surface area contributed by atoms with Gasteiger partial charge in [0.1, 0.15) is 5.54 Å². The van der Waals surface area contributed by atoms with Gasteiger partial charge in [-0.2, -0.15) is 5.26 Å². The highest BCUT2D eigenvalue weighted by atomic mass is 16.2. The summed E-state index contributed by atoms with van der Waals surface area (Å²) in [6.07, 6.45) is 10.0. The Hall–Kier alpha value is -1.04. The summed E-state index contributed by atoms with van der Waals surface area (Å²) in [5, 5.41) is 12.4. The second-order valence-corrected chi connectivity index (χ2v) is 6.70. The van der Waals surface area contributed by atoms with E-state index in [1.807, 2.05) is 13.8 Å². The van der Waals surface area contributed by atoms with E-state index in [2.05, 4.69) is 11.4 Å². The van der Waals surface area contributed by atoms with E-state index in [0.29, 0.717) is 12.8 Å². The van der Waals surface area contributed by atoms with Gasteiger partial charge in [-0.1, -0.05) is 39.5 Å². The van der Waals surface area contributed by atoms with Crippen LogP contribution in [0.5, 0.6) is 0 Å². The molecule has 3 nitrogen and oxygen atoms in total. The van der Waals surface area contributed by atoms with Gasteiger partial charge in [-0.3, -0.25) is 4.79 Å². The van der Waals surface area contributed by atoms with Crippen molar-refractivity contribution in [3.05, 3.63) is 0 Å². The molecule has 2 rings (SSSR count). The number of carbonyl (C=O) groups is 1. The molecule has 0 aliphatic heterocycles. The zero-order valence-electron chi connectivity index (χ0n) is 13.0. The van der Waals surface area contributed by atoms with Gasteiger partial charge in [-0.25, -0.2) is 0 Å². The van der Waals surface area contributed by atoms with Crippen LogP contribution in [0.15, 0.2) is 0 Å². The smallest absolute Gasteiger partial charge is 0.224 e. The number of nitriles is 1. The Kier molecular flexibility index (Phi) is 5.07. The second-order valence-electron chi connectivity index (χ2n) is 6.70. The molecule has 0 saturated heterocycles. The van der Waals surface area contributed by atoms with Crippen LogP contribution in [0.25, 0.3) is 0 Å². The molecule has 0 aromatic heterocycles. The molecular weight excluding hydrogens is 248 g/mol. The minimum absolute atomic E-state index is 0.124. The lowest BCUT2D eigenvalue weighted by Crippen LogP contribution is -2.49. The van der Waals surface area contributed by atoms with Gasteiger partial charge in [-0.15, -0.1) is 0 Å². The van der Waals surface area contributed by atoms with Gasteiger partial charge in [0.25, 0.3) is 0 Å². The molecule has 0 aromatic carbocycles. The summed E-state index contributed by atoms with van der Waals surface area (Å²) < 4.78 is 0. The van der Waals surface area contributed by atoms with Gasteiger partial charge in [0.05, 0.1) is 6.07 Å². The predicted octanol–water partition coefficient (Wildman–Crippen LogP) is 3.79. The van der Waals surface area contributed by atoms with Crippen molar-refractivity contribution in [2.75, 3.05) is 0 Å². The molecule has 3 heteroatoms. The van der Waals surface area contributed by atoms with Crippen molar-refractivity contribution < 1.29 is 4.79 Å². The molecule has 0 heterocycles. The quantitative estimate of drug-likeness (QED) is 0.849. The van der Waals surface area contributed by atoms with E-state index in [-0.39, 0.29) is 11.8 Å². The number of rotatable bonds is 4. The van der Waals surface area contributed by atoms with Crippen LogP contribution in [0.4, 0.5) is 0 Å². The van der Waals surface area contributed by atoms with Gasteiger partial charge in [0.2, 0.25) is 5.91 Å². The molecule has 112 valence electrons. The van der Waals surface area contributed by atoms with E-state index in [4.69, 9.17) is 0 Å². The number of amides is 1. The molecule has 1 N–H and O–H groups in total. The standard InChI is InChI=1S/C17H28N2O/c1-3-17(4-2,12-18)19-16(20)15-10-9-13-7-5-6-8-14(13)11-15/h13-15H,3-11H2,1-2H3,(H,19,20). The highest BCUT2D eigenvalue weighted by molar-refractivity contribution is 5.80. The third kappa shape index (κ3) is 3.16. The van der Waals surface area contributed by atoms with Crippen LogP contribution in [-0.4, -0.2) is 11.4 Å². The van der Waals surface area contributed by atoms with Crippen LogP contribution in [0.3, 0.4) is 0 Å². The van der Waals surface area contributed by atoms with Crippen LogP contribution in [0, 0.1) is 29.1 Å². The predicted molar refractivity (Wildman–Crippen MR) is 79.9 cm³/mol. The first-order valence-electron chi connectivity index (χ1n) is 8.37. The molecule has 2 aliphatic carbocycles. The van der Waals surface area contributed by atoms with E-state index >= 15 is 0 Å². The lowest BCUT2D eigenvalue weighted by Gasteiger charge is -2.39. The minimum atomic E-state index is -0.652. The zero-order valence-corrected chi connectivity index (χ0v) is 13.0.